The molecule has 0 saturated carbocycles. The minimum atomic E-state index is -1.07. The van der Waals surface area contributed by atoms with Crippen LogP contribution in [0.5, 0.6) is 5.75 Å². The van der Waals surface area contributed by atoms with E-state index in [1.165, 1.54) is 24.3 Å². The Morgan fingerprint density at radius 1 is 1.05 bits per heavy atom. The quantitative estimate of drug-likeness (QED) is 0.775. The second-order valence-corrected chi connectivity index (χ2v) is 4.66. The van der Waals surface area contributed by atoms with Gasteiger partial charge in [-0.3, -0.25) is 0 Å². The topological polar surface area (TPSA) is 9.23 Å². The van der Waals surface area contributed by atoms with Gasteiger partial charge in [0.1, 0.15) is 5.82 Å². The van der Waals surface area contributed by atoms with Gasteiger partial charge in [0.15, 0.2) is 11.6 Å². The maximum absolute atomic E-state index is 13.9. The average Bonchev–Trinajstić information content (AvgIpc) is 2.39. The highest BCUT2D eigenvalue weighted by molar-refractivity contribution is 9.10. The Kier molecular flexibility index (Phi) is 4.14. The van der Waals surface area contributed by atoms with E-state index in [9.17, 15) is 13.2 Å². The fourth-order valence-corrected chi connectivity index (χ4v) is 1.93. The molecule has 0 atom stereocenters. The van der Waals surface area contributed by atoms with Crippen molar-refractivity contribution in [2.24, 2.45) is 0 Å². The standard InChI is InChI=1S/C14H10BrF3O/c1-2-19-12-6-4-9(13(17)14(12)18)8-3-5-10(15)11(16)7-8/h3-7H,2H2,1H3. The third-order valence-corrected chi connectivity index (χ3v) is 3.22. The molecule has 19 heavy (non-hydrogen) atoms. The van der Waals surface area contributed by atoms with Crippen LogP contribution in [0.25, 0.3) is 11.1 Å². The highest BCUT2D eigenvalue weighted by Gasteiger charge is 2.16. The minimum Gasteiger partial charge on any atom is -0.491 e. The van der Waals surface area contributed by atoms with Crippen LogP contribution >= 0.6 is 15.9 Å². The van der Waals surface area contributed by atoms with Gasteiger partial charge in [0.2, 0.25) is 5.82 Å². The van der Waals surface area contributed by atoms with Gasteiger partial charge in [0, 0.05) is 5.56 Å². The number of ether oxygens (including phenoxy) is 1. The lowest BCUT2D eigenvalue weighted by molar-refractivity contribution is 0.314. The fraction of sp³-hybridized carbons (Fsp3) is 0.143. The molecule has 0 heterocycles. The molecule has 100 valence electrons. The number of hydrogen-bond donors (Lipinski definition) is 0. The third-order valence-electron chi connectivity index (χ3n) is 2.58. The number of benzene rings is 2. The van der Waals surface area contributed by atoms with Crippen LogP contribution in [0.15, 0.2) is 34.8 Å². The Bertz CT molecular complexity index is 614. The SMILES string of the molecule is CCOc1ccc(-c2ccc(Br)c(F)c2)c(F)c1F. The van der Waals surface area contributed by atoms with Crippen LogP contribution in [-0.4, -0.2) is 6.61 Å². The van der Waals surface area contributed by atoms with Gasteiger partial charge in [0.05, 0.1) is 11.1 Å². The molecule has 0 aliphatic carbocycles. The van der Waals surface area contributed by atoms with Gasteiger partial charge in [-0.1, -0.05) is 6.07 Å². The van der Waals surface area contributed by atoms with Crippen molar-refractivity contribution in [1.29, 1.82) is 0 Å². The first kappa shape index (κ1) is 13.9. The average molecular weight is 331 g/mol. The lowest BCUT2D eigenvalue weighted by Gasteiger charge is -2.09. The molecule has 0 spiro atoms. The lowest BCUT2D eigenvalue weighted by atomic mass is 10.0. The van der Waals surface area contributed by atoms with Crippen molar-refractivity contribution in [3.05, 3.63) is 52.3 Å². The number of hydrogen-bond acceptors (Lipinski definition) is 1. The van der Waals surface area contributed by atoms with Gasteiger partial charge < -0.3 is 4.74 Å². The van der Waals surface area contributed by atoms with E-state index in [4.69, 9.17) is 4.74 Å². The van der Waals surface area contributed by atoms with Gasteiger partial charge >= 0.3 is 0 Å². The molecule has 0 aromatic heterocycles. The summed E-state index contributed by atoms with van der Waals surface area (Å²) in [4.78, 5) is 0. The van der Waals surface area contributed by atoms with E-state index >= 15 is 0 Å². The second kappa shape index (κ2) is 5.65. The van der Waals surface area contributed by atoms with Gasteiger partial charge in [0.25, 0.3) is 0 Å². The van der Waals surface area contributed by atoms with E-state index in [1.807, 2.05) is 0 Å². The van der Waals surface area contributed by atoms with Crippen LogP contribution < -0.4 is 4.74 Å². The first-order chi connectivity index (χ1) is 9.04. The van der Waals surface area contributed by atoms with Gasteiger partial charge in [-0.2, -0.15) is 4.39 Å². The van der Waals surface area contributed by atoms with E-state index in [0.29, 0.717) is 0 Å². The molecular formula is C14H10BrF3O. The second-order valence-electron chi connectivity index (χ2n) is 3.80. The summed E-state index contributed by atoms with van der Waals surface area (Å²) in [5, 5.41) is 0. The van der Waals surface area contributed by atoms with Gasteiger partial charge in [-0.05, 0) is 52.7 Å². The van der Waals surface area contributed by atoms with Crippen molar-refractivity contribution in [1.82, 2.24) is 0 Å². The summed E-state index contributed by atoms with van der Waals surface area (Å²) >= 11 is 3.00. The van der Waals surface area contributed by atoms with Crippen molar-refractivity contribution >= 4 is 15.9 Å². The maximum Gasteiger partial charge on any atom is 0.201 e. The normalized spacial score (nSPS) is 10.6. The van der Waals surface area contributed by atoms with Crippen molar-refractivity contribution < 1.29 is 17.9 Å². The molecular weight excluding hydrogens is 321 g/mol. The molecule has 2 aromatic rings. The largest absolute Gasteiger partial charge is 0.491 e. The molecule has 0 N–H and O–H groups in total. The molecule has 5 heteroatoms. The summed E-state index contributed by atoms with van der Waals surface area (Å²) < 4.78 is 46.3. The van der Waals surface area contributed by atoms with E-state index < -0.39 is 17.5 Å². The number of halogens is 4. The number of rotatable bonds is 3. The van der Waals surface area contributed by atoms with Crippen LogP contribution in [0.2, 0.25) is 0 Å². The fourth-order valence-electron chi connectivity index (χ4n) is 1.69. The summed E-state index contributed by atoms with van der Waals surface area (Å²) in [5.41, 5.74) is 0.257. The van der Waals surface area contributed by atoms with Crippen molar-refractivity contribution in [2.45, 2.75) is 6.92 Å². The molecule has 0 aliphatic heterocycles. The van der Waals surface area contributed by atoms with Crippen LogP contribution in [0.1, 0.15) is 6.92 Å². The van der Waals surface area contributed by atoms with E-state index in [-0.39, 0.29) is 28.0 Å². The molecule has 0 unspecified atom stereocenters. The van der Waals surface area contributed by atoms with Crippen molar-refractivity contribution in [3.8, 4) is 16.9 Å². The maximum atomic E-state index is 13.9. The lowest BCUT2D eigenvalue weighted by Crippen LogP contribution is -1.98. The summed E-state index contributed by atoms with van der Waals surface area (Å²) in [6.45, 7) is 1.91. The zero-order valence-corrected chi connectivity index (χ0v) is 11.6. The summed E-state index contributed by atoms with van der Waals surface area (Å²) in [5.74, 6) is -2.80. The zero-order chi connectivity index (χ0) is 14.0. The minimum absolute atomic E-state index is 0.00708. The van der Waals surface area contributed by atoms with E-state index in [1.54, 1.807) is 6.92 Å². The molecule has 0 saturated heterocycles. The third kappa shape index (κ3) is 2.76. The summed E-state index contributed by atoms with van der Waals surface area (Å²) in [6.07, 6.45) is 0. The smallest absolute Gasteiger partial charge is 0.201 e. The molecule has 0 bridgehead atoms. The van der Waals surface area contributed by atoms with Gasteiger partial charge in [-0.25, -0.2) is 8.78 Å². The highest BCUT2D eigenvalue weighted by atomic mass is 79.9. The molecule has 1 nitrogen and oxygen atoms in total. The van der Waals surface area contributed by atoms with E-state index in [2.05, 4.69) is 15.9 Å². The Morgan fingerprint density at radius 3 is 2.42 bits per heavy atom. The molecule has 0 fully saturated rings. The molecule has 0 amide bonds. The predicted octanol–water partition coefficient (Wildman–Crippen LogP) is 4.93. The van der Waals surface area contributed by atoms with Crippen molar-refractivity contribution in [3.63, 3.8) is 0 Å². The zero-order valence-electron chi connectivity index (χ0n) is 10.0. The Hall–Kier alpha value is -1.49. The van der Waals surface area contributed by atoms with Crippen LogP contribution in [0.3, 0.4) is 0 Å². The molecule has 2 aromatic carbocycles. The van der Waals surface area contributed by atoms with Crippen LogP contribution in [-0.2, 0) is 0 Å². The van der Waals surface area contributed by atoms with Crippen LogP contribution in [0.4, 0.5) is 13.2 Å². The Balaban J connectivity index is 2.51. The first-order valence-corrected chi connectivity index (χ1v) is 6.40. The van der Waals surface area contributed by atoms with E-state index in [0.717, 1.165) is 6.07 Å². The van der Waals surface area contributed by atoms with Gasteiger partial charge in [-0.15, -0.1) is 0 Å². The Morgan fingerprint density at radius 2 is 1.79 bits per heavy atom. The molecule has 0 radical (unpaired) electrons. The summed E-state index contributed by atoms with van der Waals surface area (Å²) in [7, 11) is 0. The molecule has 0 aliphatic rings. The Labute approximate surface area is 117 Å². The highest BCUT2D eigenvalue weighted by Crippen LogP contribution is 2.31. The van der Waals surface area contributed by atoms with Crippen molar-refractivity contribution in [2.75, 3.05) is 6.61 Å². The predicted molar refractivity (Wildman–Crippen MR) is 70.6 cm³/mol. The first-order valence-electron chi connectivity index (χ1n) is 5.60. The summed E-state index contributed by atoms with van der Waals surface area (Å²) in [6, 6.07) is 6.79. The molecule has 2 rings (SSSR count). The monoisotopic (exact) mass is 330 g/mol. The van der Waals surface area contributed by atoms with Crippen LogP contribution in [0, 0.1) is 17.5 Å².